The second-order valence-electron chi connectivity index (χ2n) is 7.85. The van der Waals surface area contributed by atoms with Gasteiger partial charge in [0.1, 0.15) is 11.5 Å². The summed E-state index contributed by atoms with van der Waals surface area (Å²) in [4.78, 5) is 27.1. The predicted molar refractivity (Wildman–Crippen MR) is 103 cm³/mol. The van der Waals surface area contributed by atoms with Gasteiger partial charge in [-0.2, -0.15) is 0 Å². The number of nitrogens with zero attached hydrogens (tertiary/aromatic N) is 1. The second-order valence-corrected chi connectivity index (χ2v) is 7.85. The molecule has 4 heteroatoms. The minimum atomic E-state index is -0.168. The van der Waals surface area contributed by atoms with Crippen LogP contribution in [-0.2, 0) is 9.59 Å². The van der Waals surface area contributed by atoms with Crippen LogP contribution in [-0.4, -0.2) is 11.8 Å². The Kier molecular flexibility index (Phi) is 3.51. The summed E-state index contributed by atoms with van der Waals surface area (Å²) in [6, 6.07) is 13.2. The van der Waals surface area contributed by atoms with Crippen molar-refractivity contribution in [3.8, 4) is 11.5 Å². The first-order chi connectivity index (χ1) is 13.0. The number of aryl methyl sites for hydroxylation is 2. The molecule has 2 bridgehead atoms. The Labute approximate surface area is 158 Å². The number of carbonyl (C=O) groups excluding carboxylic acids is 2. The molecule has 2 amide bonds. The van der Waals surface area contributed by atoms with E-state index in [1.807, 2.05) is 30.3 Å². The summed E-state index contributed by atoms with van der Waals surface area (Å²) in [7, 11) is 0. The molecule has 1 heterocycles. The fourth-order valence-electron chi connectivity index (χ4n) is 4.73. The molecule has 5 rings (SSSR count). The molecule has 0 N–H and O–H groups in total. The Balaban J connectivity index is 1.37. The molecule has 2 aliphatic carbocycles. The first kappa shape index (κ1) is 16.3. The molecular formula is C23H21NO3. The predicted octanol–water partition coefficient (Wildman–Crippen LogP) is 4.41. The number of allylic oxidation sites excluding steroid dienone is 2. The number of benzene rings is 2. The number of rotatable bonds is 3. The fourth-order valence-corrected chi connectivity index (χ4v) is 4.73. The van der Waals surface area contributed by atoms with Gasteiger partial charge in [0.05, 0.1) is 17.5 Å². The molecule has 2 aromatic carbocycles. The van der Waals surface area contributed by atoms with Gasteiger partial charge in [-0.25, -0.2) is 0 Å². The zero-order chi connectivity index (χ0) is 18.7. The SMILES string of the molecule is Cc1ccc(Oc2ccc(N3C(=O)[C@H]4[C@H](C3=O)[C@H]3C=C[C@H]4C3)cc2)cc1C. The summed E-state index contributed by atoms with van der Waals surface area (Å²) in [5, 5.41) is 0. The van der Waals surface area contributed by atoms with Crippen molar-refractivity contribution in [3.05, 3.63) is 65.7 Å². The van der Waals surface area contributed by atoms with Gasteiger partial charge in [-0.1, -0.05) is 18.2 Å². The van der Waals surface area contributed by atoms with Crippen LogP contribution in [0.25, 0.3) is 0 Å². The molecule has 2 aromatic rings. The fraction of sp³-hybridized carbons (Fsp3) is 0.304. The van der Waals surface area contributed by atoms with E-state index in [0.717, 1.165) is 12.2 Å². The second kappa shape index (κ2) is 5.81. The molecule has 4 nitrogen and oxygen atoms in total. The van der Waals surface area contributed by atoms with Crippen LogP contribution in [0.3, 0.4) is 0 Å². The molecule has 136 valence electrons. The normalized spacial score (nSPS) is 28.1. The van der Waals surface area contributed by atoms with E-state index in [-0.39, 0.29) is 35.5 Å². The van der Waals surface area contributed by atoms with Crippen LogP contribution in [0.1, 0.15) is 17.5 Å². The highest BCUT2D eigenvalue weighted by Gasteiger charge is 2.59. The first-order valence-corrected chi connectivity index (χ1v) is 9.44. The largest absolute Gasteiger partial charge is 0.457 e. The summed E-state index contributed by atoms with van der Waals surface area (Å²) in [6.45, 7) is 4.11. The van der Waals surface area contributed by atoms with Crippen molar-refractivity contribution < 1.29 is 14.3 Å². The van der Waals surface area contributed by atoms with E-state index in [2.05, 4.69) is 26.0 Å². The van der Waals surface area contributed by atoms with Gasteiger partial charge in [-0.05, 0) is 79.6 Å². The lowest BCUT2D eigenvalue weighted by atomic mass is 9.85. The molecule has 27 heavy (non-hydrogen) atoms. The topological polar surface area (TPSA) is 46.6 Å². The zero-order valence-electron chi connectivity index (χ0n) is 15.4. The van der Waals surface area contributed by atoms with Crippen molar-refractivity contribution in [1.82, 2.24) is 0 Å². The third-order valence-electron chi connectivity index (χ3n) is 6.28. The number of imide groups is 1. The maximum atomic E-state index is 12.9. The molecule has 4 atom stereocenters. The van der Waals surface area contributed by atoms with Crippen LogP contribution < -0.4 is 9.64 Å². The van der Waals surface area contributed by atoms with Gasteiger partial charge in [-0.15, -0.1) is 0 Å². The van der Waals surface area contributed by atoms with Crippen molar-refractivity contribution in [3.63, 3.8) is 0 Å². The van der Waals surface area contributed by atoms with Crippen molar-refractivity contribution >= 4 is 17.5 Å². The highest BCUT2D eigenvalue weighted by molar-refractivity contribution is 6.22. The third kappa shape index (κ3) is 2.43. The summed E-state index contributed by atoms with van der Waals surface area (Å²) < 4.78 is 5.91. The molecule has 1 aliphatic heterocycles. The van der Waals surface area contributed by atoms with Gasteiger partial charge >= 0.3 is 0 Å². The van der Waals surface area contributed by atoms with Gasteiger partial charge in [0.25, 0.3) is 0 Å². The van der Waals surface area contributed by atoms with Gasteiger partial charge in [-0.3, -0.25) is 14.5 Å². The molecule has 0 spiro atoms. The molecular weight excluding hydrogens is 338 g/mol. The molecule has 0 aromatic heterocycles. The van der Waals surface area contributed by atoms with Gasteiger partial charge in [0.15, 0.2) is 0 Å². The summed E-state index contributed by atoms with van der Waals surface area (Å²) >= 11 is 0. The summed E-state index contributed by atoms with van der Waals surface area (Å²) in [6.07, 6.45) is 5.17. The van der Waals surface area contributed by atoms with E-state index in [4.69, 9.17) is 4.74 Å². The molecule has 3 aliphatic rings. The number of fused-ring (bicyclic) bond motifs is 5. The Bertz CT molecular complexity index is 946. The average molecular weight is 359 g/mol. The van der Waals surface area contributed by atoms with E-state index in [1.54, 1.807) is 12.1 Å². The Morgan fingerprint density at radius 3 is 2.00 bits per heavy atom. The van der Waals surface area contributed by atoms with Crippen LogP contribution in [0.2, 0.25) is 0 Å². The molecule has 0 radical (unpaired) electrons. The maximum Gasteiger partial charge on any atom is 0.238 e. The minimum absolute atomic E-state index is 0.0512. The Morgan fingerprint density at radius 2 is 1.41 bits per heavy atom. The van der Waals surface area contributed by atoms with E-state index >= 15 is 0 Å². The van der Waals surface area contributed by atoms with Crippen LogP contribution in [0.5, 0.6) is 11.5 Å². The molecule has 1 saturated carbocycles. The minimum Gasteiger partial charge on any atom is -0.457 e. The standard InChI is InChI=1S/C23H21NO3/c1-13-3-8-19(11-14(13)2)27-18-9-6-17(7-10-18)24-22(25)20-15-4-5-16(12-15)21(20)23(24)26/h3-11,15-16,20-21H,12H2,1-2H3/t15-,16-,20+,21+/m0/s1. The van der Waals surface area contributed by atoms with E-state index < -0.39 is 0 Å². The Morgan fingerprint density at radius 1 is 0.815 bits per heavy atom. The van der Waals surface area contributed by atoms with E-state index in [0.29, 0.717) is 11.4 Å². The lowest BCUT2D eigenvalue weighted by molar-refractivity contribution is -0.123. The van der Waals surface area contributed by atoms with Crippen LogP contribution in [0.4, 0.5) is 5.69 Å². The molecule has 1 saturated heterocycles. The van der Waals surface area contributed by atoms with Crippen molar-refractivity contribution in [2.45, 2.75) is 20.3 Å². The smallest absolute Gasteiger partial charge is 0.238 e. The average Bonchev–Trinajstić information content (AvgIpc) is 3.33. The van der Waals surface area contributed by atoms with Crippen molar-refractivity contribution in [2.24, 2.45) is 23.7 Å². The third-order valence-corrected chi connectivity index (χ3v) is 6.28. The van der Waals surface area contributed by atoms with Crippen molar-refractivity contribution in [1.29, 1.82) is 0 Å². The van der Waals surface area contributed by atoms with E-state index in [1.165, 1.54) is 16.0 Å². The van der Waals surface area contributed by atoms with Crippen LogP contribution >= 0.6 is 0 Å². The van der Waals surface area contributed by atoms with Crippen molar-refractivity contribution in [2.75, 3.05) is 4.90 Å². The lowest BCUT2D eigenvalue weighted by Gasteiger charge is -2.17. The number of ether oxygens (including phenoxy) is 1. The number of carbonyl (C=O) groups is 2. The molecule has 0 unspecified atom stereocenters. The van der Waals surface area contributed by atoms with Gasteiger partial charge in [0.2, 0.25) is 11.8 Å². The number of hydrogen-bond donors (Lipinski definition) is 0. The van der Waals surface area contributed by atoms with Gasteiger partial charge < -0.3 is 4.74 Å². The highest BCUT2D eigenvalue weighted by Crippen LogP contribution is 2.53. The highest BCUT2D eigenvalue weighted by atomic mass is 16.5. The monoisotopic (exact) mass is 359 g/mol. The van der Waals surface area contributed by atoms with Gasteiger partial charge in [0, 0.05) is 0 Å². The zero-order valence-corrected chi connectivity index (χ0v) is 15.4. The number of amides is 2. The maximum absolute atomic E-state index is 12.9. The van der Waals surface area contributed by atoms with Crippen LogP contribution in [0, 0.1) is 37.5 Å². The number of anilines is 1. The quantitative estimate of drug-likeness (QED) is 0.602. The first-order valence-electron chi connectivity index (χ1n) is 9.44. The summed E-state index contributed by atoms with van der Waals surface area (Å²) in [5.41, 5.74) is 3.02. The Hall–Kier alpha value is -2.88. The van der Waals surface area contributed by atoms with E-state index in [9.17, 15) is 9.59 Å². The lowest BCUT2D eigenvalue weighted by Crippen LogP contribution is -2.32. The van der Waals surface area contributed by atoms with Crippen LogP contribution in [0.15, 0.2) is 54.6 Å². The molecule has 2 fully saturated rings. The number of hydrogen-bond acceptors (Lipinski definition) is 3. The summed E-state index contributed by atoms with van der Waals surface area (Å²) in [5.74, 6) is 1.48.